The Hall–Kier alpha value is -3.27. The van der Waals surface area contributed by atoms with Crippen LogP contribution in [0.25, 0.3) is 0 Å². The first-order valence-electron chi connectivity index (χ1n) is 10.5. The highest BCUT2D eigenvalue weighted by atomic mass is 32.1. The molecule has 0 fully saturated rings. The maximum absolute atomic E-state index is 12.5. The number of nitrogens with two attached hydrogens (primary N) is 5. The van der Waals surface area contributed by atoms with Gasteiger partial charge in [-0.15, -0.1) is 0 Å². The van der Waals surface area contributed by atoms with Crippen LogP contribution in [0, 0.1) is 0 Å². The molecule has 0 saturated carbocycles. The normalized spacial score (nSPS) is 14.0. The minimum atomic E-state index is -1.24. The zero-order valence-corrected chi connectivity index (χ0v) is 20.0. The van der Waals surface area contributed by atoms with Gasteiger partial charge in [-0.2, -0.15) is 12.6 Å². The van der Waals surface area contributed by atoms with Gasteiger partial charge in [0.1, 0.15) is 18.1 Å². The standard InChI is InChI=1S/C18H36N10O5S/c1-9(13(29)27-11(16(32)33)5-3-7-25-18(22)23)26-15(31)12(8-34)28-14(30)10(19)4-2-6-24-17(20)21/h9-12,34H,2-8,19H2,1H3,(H,26,31)(H,27,29)(H,28,30)(H,32,33)(H4,20,21,24)(H4,22,23,25). The van der Waals surface area contributed by atoms with Crippen molar-refractivity contribution in [2.24, 2.45) is 38.7 Å². The number of hydrogen-bond donors (Lipinski definition) is 10. The third-order valence-corrected chi connectivity index (χ3v) is 4.80. The molecule has 0 aliphatic heterocycles. The molecule has 34 heavy (non-hydrogen) atoms. The van der Waals surface area contributed by atoms with E-state index in [0.29, 0.717) is 19.4 Å². The molecule has 0 aliphatic carbocycles. The van der Waals surface area contributed by atoms with Crippen LogP contribution >= 0.6 is 12.6 Å². The molecular formula is C18H36N10O5S. The van der Waals surface area contributed by atoms with Crippen LogP contribution < -0.4 is 44.6 Å². The molecule has 0 bridgehead atoms. The molecule has 0 heterocycles. The molecule has 194 valence electrons. The SMILES string of the molecule is CC(NC(=O)C(CS)NC(=O)C(N)CCCN=C(N)N)C(=O)NC(CCCN=C(N)N)C(=O)O. The second-order valence-electron chi connectivity index (χ2n) is 7.38. The molecule has 0 rings (SSSR count). The Kier molecular flexibility index (Phi) is 14.8. The van der Waals surface area contributed by atoms with Gasteiger partial charge in [-0.3, -0.25) is 24.4 Å². The Morgan fingerprint density at radius 2 is 1.32 bits per heavy atom. The largest absolute Gasteiger partial charge is 0.480 e. The van der Waals surface area contributed by atoms with Crippen LogP contribution in [0.2, 0.25) is 0 Å². The lowest BCUT2D eigenvalue weighted by atomic mass is 10.1. The number of rotatable bonds is 16. The topological polar surface area (TPSA) is 279 Å². The highest BCUT2D eigenvalue weighted by molar-refractivity contribution is 7.80. The van der Waals surface area contributed by atoms with E-state index in [1.165, 1.54) is 6.92 Å². The fourth-order valence-electron chi connectivity index (χ4n) is 2.56. The van der Waals surface area contributed by atoms with Crippen molar-refractivity contribution in [2.45, 2.75) is 56.8 Å². The Labute approximate surface area is 203 Å². The summed E-state index contributed by atoms with van der Waals surface area (Å²) < 4.78 is 0. The molecule has 0 saturated heterocycles. The van der Waals surface area contributed by atoms with Gasteiger partial charge in [0.15, 0.2) is 11.9 Å². The van der Waals surface area contributed by atoms with Crippen molar-refractivity contribution in [1.29, 1.82) is 0 Å². The van der Waals surface area contributed by atoms with Crippen molar-refractivity contribution < 1.29 is 24.3 Å². The van der Waals surface area contributed by atoms with Crippen LogP contribution in [0.15, 0.2) is 9.98 Å². The van der Waals surface area contributed by atoms with Crippen LogP contribution in [0.3, 0.4) is 0 Å². The van der Waals surface area contributed by atoms with E-state index in [9.17, 15) is 24.3 Å². The number of hydrogen-bond acceptors (Lipinski definition) is 8. The number of thiol groups is 1. The quantitative estimate of drug-likeness (QED) is 0.0419. The number of carbonyl (C=O) groups excluding carboxylic acids is 3. The summed E-state index contributed by atoms with van der Waals surface area (Å²) in [6.07, 6.45) is 1.13. The maximum Gasteiger partial charge on any atom is 0.326 e. The number of carbonyl (C=O) groups is 4. The van der Waals surface area contributed by atoms with Crippen LogP contribution in [0.1, 0.15) is 32.6 Å². The van der Waals surface area contributed by atoms with Crippen LogP contribution in [-0.4, -0.2) is 83.7 Å². The van der Waals surface area contributed by atoms with E-state index in [1.54, 1.807) is 0 Å². The molecule has 0 aromatic rings. The lowest BCUT2D eigenvalue weighted by molar-refractivity contribution is -0.142. The molecule has 0 aromatic carbocycles. The second-order valence-corrected chi connectivity index (χ2v) is 7.74. The zero-order valence-electron chi connectivity index (χ0n) is 19.1. The summed E-state index contributed by atoms with van der Waals surface area (Å²) in [7, 11) is 0. The second kappa shape index (κ2) is 16.4. The number of carboxylic acids is 1. The van der Waals surface area contributed by atoms with E-state index >= 15 is 0 Å². The molecule has 0 aromatic heterocycles. The van der Waals surface area contributed by atoms with Gasteiger partial charge in [0.2, 0.25) is 17.7 Å². The van der Waals surface area contributed by atoms with Crippen molar-refractivity contribution in [1.82, 2.24) is 16.0 Å². The van der Waals surface area contributed by atoms with Gasteiger partial charge in [0.25, 0.3) is 0 Å². The Bertz CT molecular complexity index is 755. The first-order valence-corrected chi connectivity index (χ1v) is 11.1. The summed E-state index contributed by atoms with van der Waals surface area (Å²) in [4.78, 5) is 56.0. The molecule has 3 amide bonds. The average Bonchev–Trinajstić information content (AvgIpc) is 2.75. The predicted molar refractivity (Wildman–Crippen MR) is 131 cm³/mol. The molecule has 16 heteroatoms. The van der Waals surface area contributed by atoms with Crippen molar-refractivity contribution in [2.75, 3.05) is 18.8 Å². The van der Waals surface area contributed by atoms with E-state index < -0.39 is 47.9 Å². The first-order chi connectivity index (χ1) is 15.9. The molecule has 0 aliphatic rings. The van der Waals surface area contributed by atoms with E-state index in [2.05, 4.69) is 38.6 Å². The summed E-state index contributed by atoms with van der Waals surface area (Å²) in [5.41, 5.74) is 26.7. The Morgan fingerprint density at radius 1 is 0.824 bits per heavy atom. The highest BCUT2D eigenvalue weighted by Gasteiger charge is 2.27. The van der Waals surface area contributed by atoms with Crippen molar-refractivity contribution in [3.05, 3.63) is 0 Å². The van der Waals surface area contributed by atoms with Gasteiger partial charge in [0, 0.05) is 18.8 Å². The number of aliphatic carboxylic acids is 1. The Balaban J connectivity index is 4.73. The smallest absolute Gasteiger partial charge is 0.326 e. The van der Waals surface area contributed by atoms with Gasteiger partial charge in [0.05, 0.1) is 6.04 Å². The van der Waals surface area contributed by atoms with Gasteiger partial charge in [-0.05, 0) is 32.6 Å². The van der Waals surface area contributed by atoms with Crippen molar-refractivity contribution >= 4 is 48.2 Å². The minimum absolute atomic E-state index is 0.0603. The fraction of sp³-hybridized carbons (Fsp3) is 0.667. The van der Waals surface area contributed by atoms with E-state index in [1.807, 2.05) is 0 Å². The number of nitrogens with one attached hydrogen (secondary N) is 3. The van der Waals surface area contributed by atoms with Gasteiger partial charge >= 0.3 is 5.97 Å². The average molecular weight is 505 g/mol. The minimum Gasteiger partial charge on any atom is -0.480 e. The van der Waals surface area contributed by atoms with Crippen LogP contribution in [-0.2, 0) is 19.2 Å². The first kappa shape index (κ1) is 30.7. The summed E-state index contributed by atoms with van der Waals surface area (Å²) in [6, 6.07) is -4.25. The molecule has 15 nitrogen and oxygen atoms in total. The zero-order chi connectivity index (χ0) is 26.3. The van der Waals surface area contributed by atoms with Crippen LogP contribution in [0.5, 0.6) is 0 Å². The highest BCUT2D eigenvalue weighted by Crippen LogP contribution is 2.01. The number of nitrogens with zero attached hydrogens (tertiary/aromatic N) is 2. The number of guanidine groups is 2. The molecular weight excluding hydrogens is 468 g/mol. The number of carboxylic acid groups (broad SMARTS) is 1. The summed E-state index contributed by atoms with van der Waals surface area (Å²) >= 11 is 4.06. The summed E-state index contributed by atoms with van der Waals surface area (Å²) in [5.74, 6) is -3.47. The monoisotopic (exact) mass is 504 g/mol. The fourth-order valence-corrected chi connectivity index (χ4v) is 2.82. The molecule has 4 atom stereocenters. The summed E-state index contributed by atoms with van der Waals surface area (Å²) in [6.45, 7) is 1.88. The van der Waals surface area contributed by atoms with Crippen LogP contribution in [0.4, 0.5) is 0 Å². The number of aliphatic imine (C=N–C) groups is 2. The van der Waals surface area contributed by atoms with Crippen molar-refractivity contribution in [3.63, 3.8) is 0 Å². The third-order valence-electron chi connectivity index (χ3n) is 4.43. The molecule has 4 unspecified atom stereocenters. The maximum atomic E-state index is 12.5. The molecule has 0 spiro atoms. The van der Waals surface area contributed by atoms with Gasteiger partial charge < -0.3 is 49.7 Å². The van der Waals surface area contributed by atoms with Gasteiger partial charge in [-0.1, -0.05) is 0 Å². The van der Waals surface area contributed by atoms with E-state index in [4.69, 9.17) is 28.7 Å². The Morgan fingerprint density at radius 3 is 1.79 bits per heavy atom. The lowest BCUT2D eigenvalue weighted by Gasteiger charge is -2.22. The van der Waals surface area contributed by atoms with Gasteiger partial charge in [-0.25, -0.2) is 4.79 Å². The predicted octanol–water partition coefficient (Wildman–Crippen LogP) is -4.09. The summed E-state index contributed by atoms with van der Waals surface area (Å²) in [5, 5.41) is 16.5. The van der Waals surface area contributed by atoms with E-state index in [-0.39, 0.29) is 37.1 Å². The lowest BCUT2D eigenvalue weighted by Crippen LogP contribution is -2.56. The van der Waals surface area contributed by atoms with Crippen molar-refractivity contribution in [3.8, 4) is 0 Å². The third kappa shape index (κ3) is 13.3. The number of amides is 3. The molecule has 0 radical (unpaired) electrons. The molecule has 14 N–H and O–H groups in total. The van der Waals surface area contributed by atoms with E-state index in [0.717, 1.165) is 0 Å².